The molecule has 30 heavy (non-hydrogen) atoms. The van der Waals surface area contributed by atoms with E-state index in [1.807, 2.05) is 19.1 Å². The van der Waals surface area contributed by atoms with Gasteiger partial charge in [0.05, 0.1) is 31.4 Å². The van der Waals surface area contributed by atoms with Crippen LogP contribution in [0.4, 0.5) is 0 Å². The summed E-state index contributed by atoms with van der Waals surface area (Å²) in [6.45, 7) is 4.58. The molecule has 1 saturated heterocycles. The first kappa shape index (κ1) is 25.0. The molecule has 1 aliphatic heterocycles. The van der Waals surface area contributed by atoms with Crippen molar-refractivity contribution in [2.75, 3.05) is 26.3 Å². The number of ether oxygens (including phenoxy) is 2. The maximum absolute atomic E-state index is 12.0. The molecule has 1 atom stereocenters. The maximum Gasteiger partial charge on any atom is 0.308 e. The van der Waals surface area contributed by atoms with Crippen LogP contribution in [0.5, 0.6) is 0 Å². The molecule has 8 heteroatoms. The lowest BCUT2D eigenvalue weighted by Gasteiger charge is -2.29. The summed E-state index contributed by atoms with van der Waals surface area (Å²) in [6.07, 6.45) is 9.78. The van der Waals surface area contributed by atoms with Crippen LogP contribution in [0.15, 0.2) is 27.8 Å². The number of nitrogens with one attached hydrogen (secondary N) is 2. The van der Waals surface area contributed by atoms with Gasteiger partial charge in [0.2, 0.25) is 0 Å². The molecule has 2 N–H and O–H groups in total. The van der Waals surface area contributed by atoms with Gasteiger partial charge in [0, 0.05) is 25.6 Å². The van der Waals surface area contributed by atoms with Gasteiger partial charge in [0.15, 0.2) is 5.96 Å². The highest BCUT2D eigenvalue weighted by Crippen LogP contribution is 2.25. The third kappa shape index (κ3) is 8.45. The molecule has 1 unspecified atom stereocenters. The van der Waals surface area contributed by atoms with Gasteiger partial charge in [0.25, 0.3) is 0 Å². The molecule has 2 heterocycles. The van der Waals surface area contributed by atoms with E-state index in [1.165, 1.54) is 6.42 Å². The number of carbonyl (C=O) groups excluding carboxylic acids is 1. The molecule has 1 aliphatic carbocycles. The smallest absolute Gasteiger partial charge is 0.308 e. The predicted octanol–water partition coefficient (Wildman–Crippen LogP) is 3.67. The number of furan rings is 1. The van der Waals surface area contributed by atoms with Crippen molar-refractivity contribution in [2.45, 2.75) is 70.4 Å². The fraction of sp³-hybridized carbons (Fsp3) is 0.727. The van der Waals surface area contributed by atoms with Gasteiger partial charge in [-0.2, -0.15) is 0 Å². The van der Waals surface area contributed by atoms with Crippen molar-refractivity contribution in [3.8, 4) is 0 Å². The van der Waals surface area contributed by atoms with E-state index in [0.29, 0.717) is 19.2 Å². The molecule has 1 aromatic rings. The molecular weight excluding hydrogens is 497 g/mol. The second kappa shape index (κ2) is 13.9. The van der Waals surface area contributed by atoms with Gasteiger partial charge in [-0.25, -0.2) is 0 Å². The molecule has 3 rings (SSSR count). The highest BCUT2D eigenvalue weighted by molar-refractivity contribution is 14.0. The van der Waals surface area contributed by atoms with Crippen LogP contribution in [0.1, 0.15) is 57.6 Å². The molecule has 0 aromatic carbocycles. The zero-order chi connectivity index (χ0) is 20.3. The van der Waals surface area contributed by atoms with Gasteiger partial charge in [0.1, 0.15) is 5.76 Å². The van der Waals surface area contributed by atoms with Gasteiger partial charge in [-0.3, -0.25) is 9.79 Å². The lowest BCUT2D eigenvalue weighted by Crippen LogP contribution is -2.46. The number of halogens is 1. The summed E-state index contributed by atoms with van der Waals surface area (Å²) in [5.74, 6) is 1.77. The van der Waals surface area contributed by atoms with Crippen LogP contribution in [-0.4, -0.2) is 50.4 Å². The Morgan fingerprint density at radius 2 is 2.07 bits per heavy atom. The highest BCUT2D eigenvalue weighted by atomic mass is 127. The zero-order valence-electron chi connectivity index (χ0n) is 17.9. The summed E-state index contributed by atoms with van der Waals surface area (Å²) in [6, 6.07) is 4.21. The number of hydrogen-bond acceptors (Lipinski definition) is 5. The molecule has 1 saturated carbocycles. The standard InChI is InChI=1S/C22H35N3O4.HI/c1-2-27-21(26)17-8-10-18(11-9-17)25-22(23-13-12-19-7-5-15-28-19)24-16-20-6-3-4-14-29-20;/h5,7,15,17-18,20H,2-4,6,8-14,16H2,1H3,(H2,23,24,25);1H. The Balaban J connectivity index is 0.00000320. The van der Waals surface area contributed by atoms with Crippen molar-refractivity contribution < 1.29 is 18.7 Å². The van der Waals surface area contributed by atoms with Crippen molar-refractivity contribution in [2.24, 2.45) is 10.9 Å². The second-order valence-electron chi connectivity index (χ2n) is 7.88. The molecule has 0 radical (unpaired) electrons. The first-order chi connectivity index (χ1) is 14.2. The molecule has 2 aliphatic rings. The fourth-order valence-corrected chi connectivity index (χ4v) is 3.98. The van der Waals surface area contributed by atoms with Crippen LogP contribution < -0.4 is 10.6 Å². The molecule has 0 amide bonds. The van der Waals surface area contributed by atoms with Crippen LogP contribution >= 0.6 is 24.0 Å². The Morgan fingerprint density at radius 3 is 2.73 bits per heavy atom. The monoisotopic (exact) mass is 533 g/mol. The number of hydrogen-bond donors (Lipinski definition) is 2. The van der Waals surface area contributed by atoms with Crippen molar-refractivity contribution in [1.29, 1.82) is 0 Å². The molecule has 2 fully saturated rings. The average Bonchev–Trinajstić information content (AvgIpc) is 3.27. The number of rotatable bonds is 8. The lowest BCUT2D eigenvalue weighted by atomic mass is 9.86. The minimum atomic E-state index is -0.0501. The summed E-state index contributed by atoms with van der Waals surface area (Å²) in [4.78, 5) is 16.7. The quantitative estimate of drug-likeness (QED) is 0.230. The Kier molecular flexibility index (Phi) is 11.6. The van der Waals surface area contributed by atoms with Crippen LogP contribution in [0.3, 0.4) is 0 Å². The van der Waals surface area contributed by atoms with Crippen LogP contribution in [0.2, 0.25) is 0 Å². The normalized spacial score (nSPS) is 24.6. The van der Waals surface area contributed by atoms with Gasteiger partial charge < -0.3 is 24.5 Å². The highest BCUT2D eigenvalue weighted by Gasteiger charge is 2.27. The number of nitrogens with zero attached hydrogens (tertiary/aromatic N) is 1. The molecule has 1 aromatic heterocycles. The summed E-state index contributed by atoms with van der Waals surface area (Å²) >= 11 is 0. The van der Waals surface area contributed by atoms with E-state index in [4.69, 9.17) is 18.9 Å². The number of aliphatic imine (C=N–C) groups is 1. The SMILES string of the molecule is CCOC(=O)C1CCC(NC(=NCC2CCCCO2)NCCc2ccco2)CC1.I. The van der Waals surface area contributed by atoms with Crippen LogP contribution in [-0.2, 0) is 20.7 Å². The molecule has 170 valence electrons. The molecular formula is C22H36IN3O4. The van der Waals surface area contributed by atoms with Crippen molar-refractivity contribution >= 4 is 35.9 Å². The summed E-state index contributed by atoms with van der Waals surface area (Å²) < 4.78 is 16.4. The van der Waals surface area contributed by atoms with E-state index in [2.05, 4.69) is 10.6 Å². The Labute approximate surface area is 196 Å². The van der Waals surface area contributed by atoms with Crippen molar-refractivity contribution in [3.63, 3.8) is 0 Å². The van der Waals surface area contributed by atoms with Gasteiger partial charge in [-0.05, 0) is 64.0 Å². The van der Waals surface area contributed by atoms with E-state index in [-0.39, 0.29) is 42.0 Å². The summed E-state index contributed by atoms with van der Waals surface area (Å²) in [5.41, 5.74) is 0. The first-order valence-electron chi connectivity index (χ1n) is 11.1. The van der Waals surface area contributed by atoms with Crippen molar-refractivity contribution in [3.05, 3.63) is 24.2 Å². The third-order valence-electron chi connectivity index (χ3n) is 5.66. The number of guanidine groups is 1. The molecule has 0 spiro atoms. The predicted molar refractivity (Wildman–Crippen MR) is 127 cm³/mol. The maximum atomic E-state index is 12.0. The van der Waals surface area contributed by atoms with E-state index in [9.17, 15) is 4.79 Å². The number of esters is 1. The molecule has 7 nitrogen and oxygen atoms in total. The Morgan fingerprint density at radius 1 is 1.23 bits per heavy atom. The van der Waals surface area contributed by atoms with Gasteiger partial charge in [-0.15, -0.1) is 24.0 Å². The third-order valence-corrected chi connectivity index (χ3v) is 5.66. The van der Waals surface area contributed by atoms with Crippen LogP contribution in [0.25, 0.3) is 0 Å². The molecule has 0 bridgehead atoms. The Bertz CT molecular complexity index is 624. The summed E-state index contributed by atoms with van der Waals surface area (Å²) in [7, 11) is 0. The topological polar surface area (TPSA) is 85.1 Å². The zero-order valence-corrected chi connectivity index (χ0v) is 20.3. The summed E-state index contributed by atoms with van der Waals surface area (Å²) in [5, 5.41) is 7.00. The van der Waals surface area contributed by atoms with Crippen molar-refractivity contribution in [1.82, 2.24) is 10.6 Å². The van der Waals surface area contributed by atoms with E-state index in [0.717, 1.165) is 69.8 Å². The fourth-order valence-electron chi connectivity index (χ4n) is 3.98. The Hall–Kier alpha value is -1.29. The van der Waals surface area contributed by atoms with E-state index in [1.54, 1.807) is 6.26 Å². The minimum Gasteiger partial charge on any atom is -0.469 e. The van der Waals surface area contributed by atoms with Crippen LogP contribution in [0, 0.1) is 5.92 Å². The van der Waals surface area contributed by atoms with Gasteiger partial charge in [-0.1, -0.05) is 0 Å². The first-order valence-corrected chi connectivity index (χ1v) is 11.1. The van der Waals surface area contributed by atoms with E-state index < -0.39 is 0 Å². The lowest BCUT2D eigenvalue weighted by molar-refractivity contribution is -0.149. The number of carbonyl (C=O) groups is 1. The largest absolute Gasteiger partial charge is 0.469 e. The average molecular weight is 533 g/mol. The minimum absolute atomic E-state index is 0. The second-order valence-corrected chi connectivity index (χ2v) is 7.88. The van der Waals surface area contributed by atoms with Gasteiger partial charge >= 0.3 is 5.97 Å². The van der Waals surface area contributed by atoms with E-state index >= 15 is 0 Å².